The molecule has 2 nitrogen and oxygen atoms in total. The summed E-state index contributed by atoms with van der Waals surface area (Å²) in [4.78, 5) is 0. The first kappa shape index (κ1) is 40.5. The number of benzene rings is 11. The van der Waals surface area contributed by atoms with Gasteiger partial charge in [0.1, 0.15) is 11.2 Å². The minimum Gasteiger partial charge on any atom is -0.456 e. The lowest BCUT2D eigenvalue weighted by Gasteiger charge is -2.34. The summed E-state index contributed by atoms with van der Waals surface area (Å²) in [5, 5.41) is 10.2. The molecule has 0 radical (unpaired) electrons. The van der Waals surface area contributed by atoms with E-state index in [4.69, 9.17) is 4.42 Å². The van der Waals surface area contributed by atoms with Gasteiger partial charge in [-0.25, -0.2) is 0 Å². The highest BCUT2D eigenvalue weighted by Crippen LogP contribution is 2.38. The Kier molecular flexibility index (Phi) is 9.88. The number of hydrogen-bond donors (Lipinski definition) is 0. The zero-order chi connectivity index (χ0) is 45.7. The fraction of sp³-hybridized carbons (Fsp3) is 0. The quantitative estimate of drug-likeness (QED) is 0.104. The van der Waals surface area contributed by atoms with Crippen molar-refractivity contribution in [1.29, 1.82) is 0 Å². The molecular weight excluding hydrogens is 851 g/mol. The fourth-order valence-electron chi connectivity index (χ4n) is 10.9. The van der Waals surface area contributed by atoms with Gasteiger partial charge in [-0.1, -0.05) is 212 Å². The Labute approximate surface area is 402 Å². The molecule has 3 heteroatoms. The van der Waals surface area contributed by atoms with Crippen LogP contribution in [-0.2, 0) is 0 Å². The molecule has 69 heavy (non-hydrogen) atoms. The molecule has 0 aliphatic heterocycles. The first-order valence-corrected chi connectivity index (χ1v) is 25.7. The molecule has 11 aromatic carbocycles. The van der Waals surface area contributed by atoms with Gasteiger partial charge < -0.3 is 8.98 Å². The van der Waals surface area contributed by atoms with Gasteiger partial charge in [-0.05, 0) is 126 Å². The van der Waals surface area contributed by atoms with Gasteiger partial charge in [0.2, 0.25) is 0 Å². The van der Waals surface area contributed by atoms with Crippen LogP contribution in [0.5, 0.6) is 0 Å². The molecule has 0 N–H and O–H groups in total. The highest BCUT2D eigenvalue weighted by Gasteiger charge is 2.41. The van der Waals surface area contributed by atoms with Crippen molar-refractivity contribution in [2.45, 2.75) is 0 Å². The molecular formula is C66H45NOSi. The summed E-state index contributed by atoms with van der Waals surface area (Å²) in [6.45, 7) is 0. The normalized spacial score (nSPS) is 11.8. The molecule has 0 atom stereocenters. The van der Waals surface area contributed by atoms with E-state index in [1.165, 1.54) is 75.9 Å². The molecule has 0 saturated carbocycles. The van der Waals surface area contributed by atoms with Crippen molar-refractivity contribution in [3.8, 4) is 50.2 Å². The predicted octanol–water partition coefficient (Wildman–Crippen LogP) is 14.7. The van der Waals surface area contributed by atoms with E-state index in [-0.39, 0.29) is 0 Å². The molecule has 2 aromatic heterocycles. The van der Waals surface area contributed by atoms with E-state index >= 15 is 0 Å². The minimum absolute atomic E-state index is 0.885. The number of fused-ring (bicyclic) bond motifs is 6. The predicted molar refractivity (Wildman–Crippen MR) is 293 cm³/mol. The Hall–Kier alpha value is -8.76. The first-order chi connectivity index (χ1) is 34.2. The summed E-state index contributed by atoms with van der Waals surface area (Å²) in [6.07, 6.45) is 0. The van der Waals surface area contributed by atoms with E-state index in [1.54, 1.807) is 0 Å². The molecule has 13 rings (SSSR count). The largest absolute Gasteiger partial charge is 0.456 e. The maximum atomic E-state index is 6.44. The Morgan fingerprint density at radius 2 is 0.609 bits per heavy atom. The van der Waals surface area contributed by atoms with Gasteiger partial charge in [0, 0.05) is 27.2 Å². The Morgan fingerprint density at radius 3 is 1.09 bits per heavy atom. The van der Waals surface area contributed by atoms with Crippen molar-refractivity contribution in [2.24, 2.45) is 0 Å². The molecule has 0 fully saturated rings. The average molecular weight is 896 g/mol. The molecule has 0 aliphatic carbocycles. The van der Waals surface area contributed by atoms with Crippen molar-refractivity contribution in [2.75, 3.05) is 0 Å². The fourth-order valence-corrected chi connectivity index (χ4v) is 15.7. The van der Waals surface area contributed by atoms with Crippen molar-refractivity contribution in [3.63, 3.8) is 0 Å². The summed E-state index contributed by atoms with van der Waals surface area (Å²) in [5.74, 6) is 0. The first-order valence-electron chi connectivity index (χ1n) is 23.7. The topological polar surface area (TPSA) is 18.1 Å². The molecule has 0 aliphatic rings. The van der Waals surface area contributed by atoms with Crippen molar-refractivity contribution in [1.82, 2.24) is 4.57 Å². The van der Waals surface area contributed by atoms with E-state index in [0.29, 0.717) is 0 Å². The third-order valence-corrected chi connectivity index (χ3v) is 18.9. The third kappa shape index (κ3) is 6.94. The minimum atomic E-state index is -2.67. The van der Waals surface area contributed by atoms with Crippen molar-refractivity contribution >= 4 is 72.6 Å². The molecule has 2 heterocycles. The highest BCUT2D eigenvalue weighted by atomic mass is 28.3. The SMILES string of the molecule is c1ccc([Si](c2ccccc2)(c2ccccc2)c2cccc(-c3cccc(-c4cccc(-c5cccc(-c6ccc7oc8ccc(-n9c%10ccccc%10c%10ccccc%109)cc8c7c6)c5)c4)c3)c2)cc1. The van der Waals surface area contributed by atoms with E-state index in [2.05, 4.69) is 278 Å². The van der Waals surface area contributed by atoms with Gasteiger partial charge in [-0.15, -0.1) is 0 Å². The monoisotopic (exact) mass is 895 g/mol. The van der Waals surface area contributed by atoms with Crippen LogP contribution >= 0.6 is 0 Å². The lowest BCUT2D eigenvalue weighted by Crippen LogP contribution is -2.74. The second-order valence-electron chi connectivity index (χ2n) is 18.0. The van der Waals surface area contributed by atoms with Gasteiger partial charge in [0.25, 0.3) is 0 Å². The number of hydrogen-bond acceptors (Lipinski definition) is 1. The lowest BCUT2D eigenvalue weighted by atomic mass is 9.94. The number of nitrogens with zero attached hydrogens (tertiary/aromatic N) is 1. The summed E-state index contributed by atoms with van der Waals surface area (Å²) in [7, 11) is -2.67. The number of aromatic nitrogens is 1. The summed E-state index contributed by atoms with van der Waals surface area (Å²) < 4.78 is 8.81. The Balaban J connectivity index is 0.844. The molecule has 0 amide bonds. The number of para-hydroxylation sites is 2. The van der Waals surface area contributed by atoms with E-state index in [1.807, 2.05) is 0 Å². The smallest absolute Gasteiger partial charge is 0.179 e. The van der Waals surface area contributed by atoms with Gasteiger partial charge in [0.05, 0.1) is 11.0 Å². The van der Waals surface area contributed by atoms with Crippen LogP contribution in [0, 0.1) is 0 Å². The number of furan rings is 1. The van der Waals surface area contributed by atoms with Crippen LogP contribution in [-0.4, -0.2) is 12.6 Å². The highest BCUT2D eigenvalue weighted by molar-refractivity contribution is 7.19. The van der Waals surface area contributed by atoms with Crippen LogP contribution in [0.15, 0.2) is 277 Å². The second-order valence-corrected chi connectivity index (χ2v) is 21.8. The maximum absolute atomic E-state index is 6.44. The van der Waals surface area contributed by atoms with Gasteiger partial charge >= 0.3 is 0 Å². The summed E-state index contributed by atoms with van der Waals surface area (Å²) >= 11 is 0. The Bertz CT molecular complexity index is 3870. The van der Waals surface area contributed by atoms with E-state index in [0.717, 1.165) is 38.8 Å². The van der Waals surface area contributed by atoms with Crippen molar-refractivity contribution in [3.05, 3.63) is 273 Å². The third-order valence-electron chi connectivity index (χ3n) is 14.1. The molecule has 324 valence electrons. The van der Waals surface area contributed by atoms with E-state index < -0.39 is 8.07 Å². The number of rotatable bonds is 9. The zero-order valence-corrected chi connectivity index (χ0v) is 38.8. The molecule has 0 spiro atoms. The molecule has 0 bridgehead atoms. The summed E-state index contributed by atoms with van der Waals surface area (Å²) in [6, 6.07) is 100. The molecule has 0 saturated heterocycles. The van der Waals surface area contributed by atoms with Crippen LogP contribution in [0.2, 0.25) is 0 Å². The van der Waals surface area contributed by atoms with Gasteiger partial charge in [0.15, 0.2) is 8.07 Å². The summed E-state index contributed by atoms with van der Waals surface area (Å²) in [5.41, 5.74) is 14.7. The van der Waals surface area contributed by atoms with Crippen molar-refractivity contribution < 1.29 is 4.42 Å². The van der Waals surface area contributed by atoms with Crippen LogP contribution < -0.4 is 20.7 Å². The Morgan fingerprint density at radius 1 is 0.246 bits per heavy atom. The van der Waals surface area contributed by atoms with Crippen LogP contribution in [0.4, 0.5) is 0 Å². The van der Waals surface area contributed by atoms with E-state index in [9.17, 15) is 0 Å². The average Bonchev–Trinajstić information content (AvgIpc) is 3.97. The lowest BCUT2D eigenvalue weighted by molar-refractivity contribution is 0.669. The standard InChI is InChI=1S/C66H45NOSi/c1-4-25-55(26-5-1)69(56-27-6-2-7-28-56,57-29-8-3-9-30-57)58-31-17-24-52(43-58)50-22-15-20-48(41-50)46-18-14-19-47(40-46)49-21-16-23-51(42-49)53-36-38-65-61(44-53)62-45-54(37-39-66(62)68-65)67-63-34-12-10-32-59(63)60-33-11-13-35-64(60)67/h1-45H. The maximum Gasteiger partial charge on any atom is 0.179 e. The van der Waals surface area contributed by atoms with Crippen LogP contribution in [0.1, 0.15) is 0 Å². The van der Waals surface area contributed by atoms with Gasteiger partial charge in [-0.2, -0.15) is 0 Å². The second kappa shape index (κ2) is 16.8. The van der Waals surface area contributed by atoms with Crippen LogP contribution in [0.25, 0.3) is 93.9 Å². The van der Waals surface area contributed by atoms with Gasteiger partial charge in [-0.3, -0.25) is 0 Å². The molecule has 0 unspecified atom stereocenters. The molecule has 13 aromatic rings. The zero-order valence-electron chi connectivity index (χ0n) is 37.8. The van der Waals surface area contributed by atoms with Crippen LogP contribution in [0.3, 0.4) is 0 Å².